The van der Waals surface area contributed by atoms with Crippen LogP contribution >= 0.6 is 11.8 Å². The van der Waals surface area contributed by atoms with Crippen LogP contribution in [-0.4, -0.2) is 52.3 Å². The first-order valence-corrected chi connectivity index (χ1v) is 11.2. The first-order valence-electron chi connectivity index (χ1n) is 10.3. The monoisotopic (exact) mass is 460 g/mol. The van der Waals surface area contributed by atoms with E-state index in [9.17, 15) is 18.0 Å². The second kappa shape index (κ2) is 9.28. The highest BCUT2D eigenvalue weighted by Crippen LogP contribution is 2.32. The number of carbonyl (C=O) groups excluding carboxylic acids is 1. The molecule has 1 saturated heterocycles. The minimum atomic E-state index is -4.37. The summed E-state index contributed by atoms with van der Waals surface area (Å²) < 4.78 is 41.0. The van der Waals surface area contributed by atoms with Gasteiger partial charge in [0.05, 0.1) is 22.3 Å². The minimum absolute atomic E-state index is 0.00379. The molecule has 0 N–H and O–H groups in total. The van der Waals surface area contributed by atoms with Gasteiger partial charge in [-0.1, -0.05) is 36.0 Å². The number of imidazole rings is 1. The molecular formula is C23H23F3N4OS. The Balaban J connectivity index is 1.36. The van der Waals surface area contributed by atoms with Crippen LogP contribution in [0.15, 0.2) is 66.3 Å². The fourth-order valence-corrected chi connectivity index (χ4v) is 4.71. The van der Waals surface area contributed by atoms with Crippen LogP contribution in [0, 0.1) is 0 Å². The van der Waals surface area contributed by atoms with Gasteiger partial charge in [0.2, 0.25) is 5.91 Å². The molecular weight excluding hydrogens is 437 g/mol. The second-order valence-corrected chi connectivity index (χ2v) is 8.43. The van der Waals surface area contributed by atoms with Gasteiger partial charge in [0.1, 0.15) is 0 Å². The number of hydrogen-bond acceptors (Lipinski definition) is 4. The molecule has 1 amide bonds. The summed E-state index contributed by atoms with van der Waals surface area (Å²) in [4.78, 5) is 21.0. The molecule has 9 heteroatoms. The number of rotatable bonds is 6. The van der Waals surface area contributed by atoms with Crippen molar-refractivity contribution in [3.8, 4) is 0 Å². The zero-order chi connectivity index (χ0) is 22.7. The van der Waals surface area contributed by atoms with Crippen LogP contribution in [0.2, 0.25) is 0 Å². The van der Waals surface area contributed by atoms with Gasteiger partial charge in [-0.25, -0.2) is 4.98 Å². The molecule has 0 aliphatic carbocycles. The Morgan fingerprint density at radius 3 is 2.56 bits per heavy atom. The van der Waals surface area contributed by atoms with Crippen molar-refractivity contribution in [1.29, 1.82) is 0 Å². The summed E-state index contributed by atoms with van der Waals surface area (Å²) in [5.41, 5.74) is 1.74. The fraction of sp³-hybridized carbons (Fsp3) is 0.304. The van der Waals surface area contributed by atoms with Gasteiger partial charge in [-0.2, -0.15) is 13.2 Å². The number of benzene rings is 2. The van der Waals surface area contributed by atoms with Crippen molar-refractivity contribution in [1.82, 2.24) is 14.5 Å². The number of alkyl halides is 3. The number of nitrogens with zero attached hydrogens (tertiary/aromatic N) is 4. The standard InChI is InChI=1S/C23H23F3N4OS/c1-2-10-30-20-9-4-3-8-19(20)27-22(30)32-16-21(31)29-13-11-28(12-14-29)18-7-5-6-17(15-18)23(24,25)26/h2-9,15H,1,10-14,16H2. The summed E-state index contributed by atoms with van der Waals surface area (Å²) >= 11 is 1.39. The highest BCUT2D eigenvalue weighted by Gasteiger charge is 2.31. The maximum atomic E-state index is 13.0. The predicted molar refractivity (Wildman–Crippen MR) is 121 cm³/mol. The number of halogens is 3. The zero-order valence-corrected chi connectivity index (χ0v) is 18.2. The molecule has 2 aromatic carbocycles. The molecule has 3 aromatic rings. The molecule has 0 unspecified atom stereocenters. The van der Waals surface area contributed by atoms with Crippen LogP contribution in [0.4, 0.5) is 18.9 Å². The molecule has 168 valence electrons. The number of thioether (sulfide) groups is 1. The molecule has 5 nitrogen and oxygen atoms in total. The first kappa shape index (κ1) is 22.3. The molecule has 2 heterocycles. The number of para-hydroxylation sites is 2. The lowest BCUT2D eigenvalue weighted by Crippen LogP contribution is -2.49. The van der Waals surface area contributed by atoms with Crippen LogP contribution in [0.25, 0.3) is 11.0 Å². The molecule has 4 rings (SSSR count). The van der Waals surface area contributed by atoms with Crippen molar-refractivity contribution in [2.24, 2.45) is 0 Å². The molecule has 32 heavy (non-hydrogen) atoms. The van der Waals surface area contributed by atoms with Gasteiger partial charge >= 0.3 is 6.18 Å². The topological polar surface area (TPSA) is 41.4 Å². The maximum absolute atomic E-state index is 13.0. The Labute approximate surface area is 188 Å². The number of amides is 1. The molecule has 1 aliphatic heterocycles. The molecule has 1 fully saturated rings. The van der Waals surface area contributed by atoms with E-state index in [2.05, 4.69) is 11.6 Å². The van der Waals surface area contributed by atoms with Gasteiger partial charge in [-0.05, 0) is 30.3 Å². The smallest absolute Gasteiger partial charge is 0.368 e. The third kappa shape index (κ3) is 4.77. The van der Waals surface area contributed by atoms with Crippen molar-refractivity contribution >= 4 is 34.4 Å². The van der Waals surface area contributed by atoms with E-state index in [0.717, 1.165) is 28.3 Å². The quantitative estimate of drug-likeness (QED) is 0.396. The lowest BCUT2D eigenvalue weighted by molar-refractivity contribution is -0.137. The molecule has 0 saturated carbocycles. The van der Waals surface area contributed by atoms with E-state index in [-0.39, 0.29) is 11.7 Å². The van der Waals surface area contributed by atoms with Crippen molar-refractivity contribution < 1.29 is 18.0 Å². The van der Waals surface area contributed by atoms with E-state index >= 15 is 0 Å². The fourth-order valence-electron chi connectivity index (χ4n) is 3.78. The Bertz CT molecular complexity index is 1120. The van der Waals surface area contributed by atoms with Gasteiger partial charge in [-0.15, -0.1) is 6.58 Å². The number of fused-ring (bicyclic) bond motifs is 1. The molecule has 1 aliphatic rings. The molecule has 1 aromatic heterocycles. The lowest BCUT2D eigenvalue weighted by atomic mass is 10.1. The van der Waals surface area contributed by atoms with E-state index in [1.54, 1.807) is 17.0 Å². The average Bonchev–Trinajstić information content (AvgIpc) is 3.15. The van der Waals surface area contributed by atoms with Crippen LogP contribution in [0.3, 0.4) is 0 Å². The summed E-state index contributed by atoms with van der Waals surface area (Å²) in [7, 11) is 0. The molecule has 0 spiro atoms. The van der Waals surface area contributed by atoms with E-state index in [4.69, 9.17) is 0 Å². The van der Waals surface area contributed by atoms with Gasteiger partial charge in [0, 0.05) is 38.4 Å². The summed E-state index contributed by atoms with van der Waals surface area (Å²) in [6.07, 6.45) is -2.57. The zero-order valence-electron chi connectivity index (χ0n) is 17.4. The number of piperazine rings is 1. The Morgan fingerprint density at radius 1 is 1.09 bits per heavy atom. The number of anilines is 1. The highest BCUT2D eigenvalue weighted by molar-refractivity contribution is 7.99. The van der Waals surface area contributed by atoms with Crippen molar-refractivity contribution in [2.75, 3.05) is 36.8 Å². The average molecular weight is 461 g/mol. The molecule has 0 bridgehead atoms. The Hall–Kier alpha value is -2.94. The Kier molecular flexibility index (Phi) is 6.45. The predicted octanol–water partition coefficient (Wildman–Crippen LogP) is 4.68. The van der Waals surface area contributed by atoms with Crippen molar-refractivity contribution in [3.05, 3.63) is 66.7 Å². The van der Waals surface area contributed by atoms with E-state index in [1.807, 2.05) is 33.7 Å². The number of hydrogen-bond donors (Lipinski definition) is 0. The molecule has 0 atom stereocenters. The van der Waals surface area contributed by atoms with Crippen molar-refractivity contribution in [2.45, 2.75) is 17.9 Å². The summed E-state index contributed by atoms with van der Waals surface area (Å²) in [5, 5.41) is 0.766. The number of allylic oxidation sites excluding steroid dienone is 1. The van der Waals surface area contributed by atoms with Crippen LogP contribution in [-0.2, 0) is 17.5 Å². The van der Waals surface area contributed by atoms with Crippen LogP contribution < -0.4 is 4.90 Å². The van der Waals surface area contributed by atoms with E-state index in [1.165, 1.54) is 17.8 Å². The van der Waals surface area contributed by atoms with Gasteiger partial charge in [0.15, 0.2) is 5.16 Å². The summed E-state index contributed by atoms with van der Waals surface area (Å²) in [6.45, 7) is 6.33. The van der Waals surface area contributed by atoms with Crippen LogP contribution in [0.1, 0.15) is 5.56 Å². The Morgan fingerprint density at radius 2 is 1.84 bits per heavy atom. The normalized spacial score (nSPS) is 14.7. The SMILES string of the molecule is C=CCn1c(SCC(=O)N2CCN(c3cccc(C(F)(F)F)c3)CC2)nc2ccccc21. The third-order valence-electron chi connectivity index (χ3n) is 5.43. The maximum Gasteiger partial charge on any atom is 0.416 e. The van der Waals surface area contributed by atoms with E-state index in [0.29, 0.717) is 38.4 Å². The van der Waals surface area contributed by atoms with Gasteiger partial charge in [0.25, 0.3) is 0 Å². The summed E-state index contributed by atoms with van der Waals surface area (Å²) in [5.74, 6) is 0.250. The van der Waals surface area contributed by atoms with Gasteiger partial charge < -0.3 is 14.4 Å². The number of carbonyl (C=O) groups is 1. The second-order valence-electron chi connectivity index (χ2n) is 7.49. The largest absolute Gasteiger partial charge is 0.416 e. The lowest BCUT2D eigenvalue weighted by Gasteiger charge is -2.36. The van der Waals surface area contributed by atoms with Gasteiger partial charge in [-0.3, -0.25) is 4.79 Å². The van der Waals surface area contributed by atoms with Crippen molar-refractivity contribution in [3.63, 3.8) is 0 Å². The minimum Gasteiger partial charge on any atom is -0.368 e. The summed E-state index contributed by atoms with van der Waals surface area (Å²) in [6, 6.07) is 13.1. The van der Waals surface area contributed by atoms with E-state index < -0.39 is 11.7 Å². The highest BCUT2D eigenvalue weighted by atomic mass is 32.2. The van der Waals surface area contributed by atoms with Crippen LogP contribution in [0.5, 0.6) is 0 Å². The third-order valence-corrected chi connectivity index (χ3v) is 6.39. The molecule has 0 radical (unpaired) electrons. The first-order chi connectivity index (χ1) is 15.4. The number of aromatic nitrogens is 2.